The van der Waals surface area contributed by atoms with Crippen molar-refractivity contribution >= 4 is 34.2 Å². The first-order valence-electron chi connectivity index (χ1n) is 5.82. The van der Waals surface area contributed by atoms with Crippen LogP contribution in [0.3, 0.4) is 0 Å². The Labute approximate surface area is 124 Å². The smallest absolute Gasteiger partial charge is 0.153 e. The molecule has 1 aliphatic rings. The van der Waals surface area contributed by atoms with Crippen molar-refractivity contribution in [1.29, 1.82) is 0 Å². The number of hydrogen-bond donors (Lipinski definition) is 1. The van der Waals surface area contributed by atoms with Gasteiger partial charge >= 0.3 is 0 Å². The molecule has 0 amide bonds. The summed E-state index contributed by atoms with van der Waals surface area (Å²) in [5.74, 6) is 0.801. The van der Waals surface area contributed by atoms with Crippen molar-refractivity contribution < 1.29 is 0 Å². The Bertz CT molecular complexity index is 565. The topological polar surface area (TPSA) is 42.7 Å². The first kappa shape index (κ1) is 12.4. The molecule has 4 nitrogen and oxygen atoms in total. The molecule has 0 radical (unpaired) electrons. The van der Waals surface area contributed by atoms with E-state index in [2.05, 4.69) is 38.0 Å². The molecule has 0 atom stereocenters. The van der Waals surface area contributed by atoms with E-state index in [4.69, 9.17) is 11.6 Å². The molecule has 2 heterocycles. The van der Waals surface area contributed by atoms with E-state index in [1.54, 1.807) is 10.9 Å². The molecule has 94 valence electrons. The summed E-state index contributed by atoms with van der Waals surface area (Å²) in [4.78, 5) is 4.56. The fourth-order valence-corrected chi connectivity index (χ4v) is 2.24. The second kappa shape index (κ2) is 5.14. The van der Waals surface area contributed by atoms with Gasteiger partial charge in [0, 0.05) is 18.8 Å². The molecule has 1 aliphatic carbocycles. The lowest BCUT2D eigenvalue weighted by Gasteiger charge is -2.07. The van der Waals surface area contributed by atoms with Gasteiger partial charge < -0.3 is 5.32 Å². The van der Waals surface area contributed by atoms with Gasteiger partial charge in [0.05, 0.1) is 20.5 Å². The fraction of sp³-hybridized carbons (Fsp3) is 0.333. The zero-order chi connectivity index (χ0) is 12.5. The van der Waals surface area contributed by atoms with Crippen molar-refractivity contribution in [2.75, 3.05) is 0 Å². The third kappa shape index (κ3) is 2.84. The van der Waals surface area contributed by atoms with Gasteiger partial charge in [-0.1, -0.05) is 11.6 Å². The second-order valence-corrected chi connectivity index (χ2v) is 6.01. The van der Waals surface area contributed by atoms with Crippen molar-refractivity contribution in [3.05, 3.63) is 38.8 Å². The number of nitrogens with one attached hydrogen (secondary N) is 1. The van der Waals surface area contributed by atoms with Crippen molar-refractivity contribution in [2.45, 2.75) is 25.4 Å². The molecule has 3 rings (SSSR count). The van der Waals surface area contributed by atoms with Crippen molar-refractivity contribution in [3.8, 4) is 5.82 Å². The summed E-state index contributed by atoms with van der Waals surface area (Å²) >= 11 is 8.39. The summed E-state index contributed by atoms with van der Waals surface area (Å²) in [5.41, 5.74) is 0.881. The molecular weight excluding hydrogens is 363 g/mol. The fourth-order valence-electron chi connectivity index (χ4n) is 1.68. The minimum atomic E-state index is 0.650. The quantitative estimate of drug-likeness (QED) is 0.837. The third-order valence-electron chi connectivity index (χ3n) is 2.83. The maximum atomic E-state index is 6.16. The number of aromatic nitrogens is 3. The first-order chi connectivity index (χ1) is 8.72. The van der Waals surface area contributed by atoms with Crippen LogP contribution in [-0.2, 0) is 6.54 Å². The summed E-state index contributed by atoms with van der Waals surface area (Å²) in [7, 11) is 0. The molecule has 1 saturated carbocycles. The number of rotatable bonds is 4. The van der Waals surface area contributed by atoms with Crippen LogP contribution in [0.25, 0.3) is 5.82 Å². The Morgan fingerprint density at radius 1 is 1.44 bits per heavy atom. The minimum Gasteiger partial charge on any atom is -0.308 e. The molecule has 0 aromatic carbocycles. The summed E-state index contributed by atoms with van der Waals surface area (Å²) in [6.45, 7) is 0.718. The van der Waals surface area contributed by atoms with Gasteiger partial charge in [0.15, 0.2) is 5.82 Å². The number of nitrogens with zero attached hydrogens (tertiary/aromatic N) is 3. The zero-order valence-electron chi connectivity index (χ0n) is 9.61. The number of hydrogen-bond acceptors (Lipinski definition) is 3. The van der Waals surface area contributed by atoms with E-state index in [1.165, 1.54) is 12.8 Å². The van der Waals surface area contributed by atoms with Gasteiger partial charge in [0.25, 0.3) is 0 Å². The zero-order valence-corrected chi connectivity index (χ0v) is 12.5. The van der Waals surface area contributed by atoms with Gasteiger partial charge in [0.1, 0.15) is 0 Å². The van der Waals surface area contributed by atoms with Gasteiger partial charge in [-0.2, -0.15) is 5.10 Å². The van der Waals surface area contributed by atoms with Crippen LogP contribution in [0, 0.1) is 3.57 Å². The largest absolute Gasteiger partial charge is 0.308 e. The van der Waals surface area contributed by atoms with E-state index in [0.717, 1.165) is 21.6 Å². The van der Waals surface area contributed by atoms with Crippen LogP contribution in [0.1, 0.15) is 18.5 Å². The lowest BCUT2D eigenvalue weighted by molar-refractivity contribution is 0.670. The number of pyridine rings is 1. The number of halogens is 2. The predicted octanol–water partition coefficient (Wildman–Crippen LogP) is 2.78. The monoisotopic (exact) mass is 374 g/mol. The highest BCUT2D eigenvalue weighted by Crippen LogP contribution is 2.21. The molecule has 18 heavy (non-hydrogen) atoms. The summed E-state index contributed by atoms with van der Waals surface area (Å²) in [6.07, 6.45) is 6.26. The van der Waals surface area contributed by atoms with E-state index in [0.29, 0.717) is 11.1 Å². The SMILES string of the molecule is Clc1ccc(-n2cc(I)cn2)nc1CNC1CC1. The molecule has 1 N–H and O–H groups in total. The van der Waals surface area contributed by atoms with Gasteiger partial charge in [-0.15, -0.1) is 0 Å². The van der Waals surface area contributed by atoms with Crippen LogP contribution in [-0.4, -0.2) is 20.8 Å². The van der Waals surface area contributed by atoms with E-state index in [1.807, 2.05) is 18.3 Å². The maximum Gasteiger partial charge on any atom is 0.153 e. The Balaban J connectivity index is 1.84. The molecule has 1 fully saturated rings. The Hall–Kier alpha value is -0.660. The maximum absolute atomic E-state index is 6.16. The summed E-state index contributed by atoms with van der Waals surface area (Å²) < 4.78 is 2.85. The minimum absolute atomic E-state index is 0.650. The van der Waals surface area contributed by atoms with Gasteiger partial charge in [-0.05, 0) is 47.6 Å². The Kier molecular flexibility index (Phi) is 3.54. The molecule has 0 aliphatic heterocycles. The van der Waals surface area contributed by atoms with Gasteiger partial charge in [-0.3, -0.25) is 0 Å². The van der Waals surface area contributed by atoms with Crippen LogP contribution in [0.4, 0.5) is 0 Å². The Morgan fingerprint density at radius 2 is 2.28 bits per heavy atom. The standard InChI is InChI=1S/C12H12ClIN4/c13-10-3-4-12(18-7-8(14)5-16-18)17-11(10)6-15-9-1-2-9/h3-5,7,9,15H,1-2,6H2. The molecular formula is C12H12ClIN4. The van der Waals surface area contributed by atoms with Crippen LogP contribution >= 0.6 is 34.2 Å². The highest BCUT2D eigenvalue weighted by atomic mass is 127. The van der Waals surface area contributed by atoms with Crippen LogP contribution in [0.5, 0.6) is 0 Å². The normalized spacial score (nSPS) is 15.0. The highest BCUT2D eigenvalue weighted by Gasteiger charge is 2.20. The lowest BCUT2D eigenvalue weighted by atomic mass is 10.3. The third-order valence-corrected chi connectivity index (χ3v) is 3.73. The molecule has 6 heteroatoms. The van der Waals surface area contributed by atoms with Crippen molar-refractivity contribution in [1.82, 2.24) is 20.1 Å². The van der Waals surface area contributed by atoms with Gasteiger partial charge in [0.2, 0.25) is 0 Å². The summed E-state index contributed by atoms with van der Waals surface area (Å²) in [5, 5.41) is 8.37. The van der Waals surface area contributed by atoms with E-state index >= 15 is 0 Å². The van der Waals surface area contributed by atoms with Crippen LogP contribution in [0.2, 0.25) is 5.02 Å². The molecule has 2 aromatic rings. The first-order valence-corrected chi connectivity index (χ1v) is 7.27. The molecule has 2 aromatic heterocycles. The molecule has 0 spiro atoms. The second-order valence-electron chi connectivity index (χ2n) is 4.36. The Morgan fingerprint density at radius 3 is 2.94 bits per heavy atom. The average Bonchev–Trinajstić information content (AvgIpc) is 3.09. The van der Waals surface area contributed by atoms with E-state index in [9.17, 15) is 0 Å². The molecule has 0 saturated heterocycles. The van der Waals surface area contributed by atoms with Crippen molar-refractivity contribution in [2.24, 2.45) is 0 Å². The van der Waals surface area contributed by atoms with Crippen LogP contribution in [0.15, 0.2) is 24.5 Å². The lowest BCUT2D eigenvalue weighted by Crippen LogP contribution is -2.17. The van der Waals surface area contributed by atoms with E-state index < -0.39 is 0 Å². The predicted molar refractivity (Wildman–Crippen MR) is 78.9 cm³/mol. The average molecular weight is 375 g/mol. The molecule has 0 unspecified atom stereocenters. The van der Waals surface area contributed by atoms with Crippen LogP contribution < -0.4 is 5.32 Å². The summed E-state index contributed by atoms with van der Waals surface area (Å²) in [6, 6.07) is 4.41. The van der Waals surface area contributed by atoms with Crippen molar-refractivity contribution in [3.63, 3.8) is 0 Å². The van der Waals surface area contributed by atoms with Gasteiger partial charge in [-0.25, -0.2) is 9.67 Å². The molecule has 0 bridgehead atoms. The highest BCUT2D eigenvalue weighted by molar-refractivity contribution is 14.1. The van der Waals surface area contributed by atoms with E-state index in [-0.39, 0.29) is 0 Å².